The first kappa shape index (κ1) is 22.7. The van der Waals surface area contributed by atoms with Crippen LogP contribution in [0.5, 0.6) is 0 Å². The maximum absolute atomic E-state index is 12.4. The monoisotopic (exact) mass is 395 g/mol. The zero-order valence-electron chi connectivity index (χ0n) is 15.3. The first-order valence-electron chi connectivity index (χ1n) is 9.55. The van der Waals surface area contributed by atoms with Gasteiger partial charge in [0.2, 0.25) is 15.9 Å². The highest BCUT2D eigenvalue weighted by molar-refractivity contribution is 7.89. The highest BCUT2D eigenvalue weighted by atomic mass is 35.5. The van der Waals surface area contributed by atoms with E-state index in [0.29, 0.717) is 32.0 Å². The Kier molecular flexibility index (Phi) is 10.3. The van der Waals surface area contributed by atoms with Crippen molar-refractivity contribution in [2.75, 3.05) is 25.4 Å². The molecule has 0 aromatic carbocycles. The first-order valence-corrected chi connectivity index (χ1v) is 11.2. The topological polar surface area (TPSA) is 78.5 Å². The number of hydrogen-bond acceptors (Lipinski definition) is 4. The molecule has 1 aliphatic carbocycles. The van der Waals surface area contributed by atoms with Crippen LogP contribution in [-0.2, 0) is 14.8 Å². The fourth-order valence-electron chi connectivity index (χ4n) is 3.77. The van der Waals surface area contributed by atoms with Crippen LogP contribution < -0.4 is 10.6 Å². The van der Waals surface area contributed by atoms with Crippen LogP contribution >= 0.6 is 12.4 Å². The average molecular weight is 396 g/mol. The summed E-state index contributed by atoms with van der Waals surface area (Å²) in [5.41, 5.74) is 0. The van der Waals surface area contributed by atoms with Gasteiger partial charge in [-0.15, -0.1) is 12.4 Å². The SMILES string of the molecule is CCCS(=O)(=O)N1CCCC1C(=O)NCCNC1CCCCCC1.Cl. The van der Waals surface area contributed by atoms with E-state index in [-0.39, 0.29) is 24.1 Å². The lowest BCUT2D eigenvalue weighted by Crippen LogP contribution is -2.48. The molecular formula is C17H34ClN3O3S. The quantitative estimate of drug-likeness (QED) is 0.487. The Morgan fingerprint density at radius 3 is 2.36 bits per heavy atom. The number of carbonyl (C=O) groups is 1. The van der Waals surface area contributed by atoms with E-state index < -0.39 is 16.1 Å². The molecule has 0 spiro atoms. The maximum Gasteiger partial charge on any atom is 0.238 e. The third kappa shape index (κ3) is 7.04. The molecule has 1 unspecified atom stereocenters. The molecule has 0 aromatic rings. The summed E-state index contributed by atoms with van der Waals surface area (Å²) >= 11 is 0. The highest BCUT2D eigenvalue weighted by Crippen LogP contribution is 2.22. The molecule has 2 fully saturated rings. The Bertz CT molecular complexity index is 493. The lowest BCUT2D eigenvalue weighted by molar-refractivity contribution is -0.124. The molecule has 6 nitrogen and oxygen atoms in total. The van der Waals surface area contributed by atoms with Crippen molar-refractivity contribution >= 4 is 28.3 Å². The minimum absolute atomic E-state index is 0. The van der Waals surface area contributed by atoms with Crippen LogP contribution in [0.2, 0.25) is 0 Å². The normalized spacial score (nSPS) is 23.0. The molecule has 8 heteroatoms. The van der Waals surface area contributed by atoms with Gasteiger partial charge in [-0.2, -0.15) is 4.31 Å². The summed E-state index contributed by atoms with van der Waals surface area (Å²) in [4.78, 5) is 12.4. The molecule has 1 atom stereocenters. The van der Waals surface area contributed by atoms with Gasteiger partial charge in [0.05, 0.1) is 5.75 Å². The van der Waals surface area contributed by atoms with Gasteiger partial charge >= 0.3 is 0 Å². The van der Waals surface area contributed by atoms with E-state index in [0.717, 1.165) is 13.0 Å². The molecule has 1 amide bonds. The van der Waals surface area contributed by atoms with Crippen LogP contribution in [-0.4, -0.2) is 56.1 Å². The van der Waals surface area contributed by atoms with Crippen molar-refractivity contribution in [3.8, 4) is 0 Å². The molecule has 0 aromatic heterocycles. The van der Waals surface area contributed by atoms with Gasteiger partial charge in [-0.3, -0.25) is 4.79 Å². The predicted octanol–water partition coefficient (Wildman–Crippen LogP) is 2.04. The van der Waals surface area contributed by atoms with Gasteiger partial charge < -0.3 is 10.6 Å². The van der Waals surface area contributed by atoms with Gasteiger partial charge in [0.15, 0.2) is 0 Å². The number of nitrogens with one attached hydrogen (secondary N) is 2. The first-order chi connectivity index (χ1) is 11.5. The number of sulfonamides is 1. The van der Waals surface area contributed by atoms with E-state index in [4.69, 9.17) is 0 Å². The van der Waals surface area contributed by atoms with Crippen LogP contribution in [0.4, 0.5) is 0 Å². The van der Waals surface area contributed by atoms with E-state index in [9.17, 15) is 13.2 Å². The predicted molar refractivity (Wildman–Crippen MR) is 104 cm³/mol. The van der Waals surface area contributed by atoms with E-state index in [1.54, 1.807) is 0 Å². The fourth-order valence-corrected chi connectivity index (χ4v) is 5.52. The molecule has 148 valence electrons. The second-order valence-electron chi connectivity index (χ2n) is 7.02. The highest BCUT2D eigenvalue weighted by Gasteiger charge is 2.37. The summed E-state index contributed by atoms with van der Waals surface area (Å²) in [6.45, 7) is 3.64. The third-order valence-electron chi connectivity index (χ3n) is 5.04. The molecule has 2 aliphatic rings. The van der Waals surface area contributed by atoms with Crippen LogP contribution in [0.3, 0.4) is 0 Å². The number of nitrogens with zero attached hydrogens (tertiary/aromatic N) is 1. The minimum atomic E-state index is -3.30. The minimum Gasteiger partial charge on any atom is -0.353 e. The molecule has 1 saturated carbocycles. The van der Waals surface area contributed by atoms with Gasteiger partial charge in [-0.25, -0.2) is 8.42 Å². The second-order valence-corrected chi connectivity index (χ2v) is 9.06. The Hall–Kier alpha value is -0.370. The summed E-state index contributed by atoms with van der Waals surface area (Å²) in [6, 6.07) is 0.0525. The molecule has 2 N–H and O–H groups in total. The van der Waals surface area contributed by atoms with Crippen molar-refractivity contribution < 1.29 is 13.2 Å². The summed E-state index contributed by atoms with van der Waals surface area (Å²) in [5.74, 6) is -0.0186. The van der Waals surface area contributed by atoms with Gasteiger partial charge in [0.25, 0.3) is 0 Å². The van der Waals surface area contributed by atoms with Crippen molar-refractivity contribution in [2.24, 2.45) is 0 Å². The Morgan fingerprint density at radius 2 is 1.72 bits per heavy atom. The lowest BCUT2D eigenvalue weighted by Gasteiger charge is -2.23. The fraction of sp³-hybridized carbons (Fsp3) is 0.941. The number of carbonyl (C=O) groups excluding carboxylic acids is 1. The van der Waals surface area contributed by atoms with E-state index >= 15 is 0 Å². The van der Waals surface area contributed by atoms with Crippen molar-refractivity contribution in [1.82, 2.24) is 14.9 Å². The van der Waals surface area contributed by atoms with Crippen LogP contribution in [0.15, 0.2) is 0 Å². The molecule has 0 radical (unpaired) electrons. The van der Waals surface area contributed by atoms with Gasteiger partial charge in [0.1, 0.15) is 6.04 Å². The molecule has 1 heterocycles. The van der Waals surface area contributed by atoms with E-state index in [2.05, 4.69) is 10.6 Å². The van der Waals surface area contributed by atoms with Crippen LogP contribution in [0, 0.1) is 0 Å². The summed E-state index contributed by atoms with van der Waals surface area (Å²) in [5, 5.41) is 6.44. The van der Waals surface area contributed by atoms with Crippen LogP contribution in [0.1, 0.15) is 64.7 Å². The molecule has 1 saturated heterocycles. The standard InChI is InChI=1S/C17H33N3O3S.ClH/c1-2-14-24(22,23)20-13-7-10-16(20)17(21)19-12-11-18-15-8-5-3-4-6-9-15;/h15-16,18H,2-14H2,1H3,(H,19,21);1H. The van der Waals surface area contributed by atoms with Crippen molar-refractivity contribution in [2.45, 2.75) is 76.8 Å². The summed E-state index contributed by atoms with van der Waals surface area (Å²) in [6.07, 6.45) is 9.66. The summed E-state index contributed by atoms with van der Waals surface area (Å²) < 4.78 is 25.9. The van der Waals surface area contributed by atoms with Gasteiger partial charge in [-0.05, 0) is 32.1 Å². The second kappa shape index (κ2) is 11.4. The zero-order chi connectivity index (χ0) is 17.4. The van der Waals surface area contributed by atoms with Gasteiger partial charge in [-0.1, -0.05) is 32.6 Å². The Morgan fingerprint density at radius 1 is 1.04 bits per heavy atom. The van der Waals surface area contributed by atoms with Crippen LogP contribution in [0.25, 0.3) is 0 Å². The smallest absolute Gasteiger partial charge is 0.238 e. The zero-order valence-corrected chi connectivity index (χ0v) is 17.0. The van der Waals surface area contributed by atoms with Crippen molar-refractivity contribution in [3.05, 3.63) is 0 Å². The average Bonchev–Trinajstić information content (AvgIpc) is 2.91. The Labute approximate surface area is 159 Å². The molecule has 0 bridgehead atoms. The summed E-state index contributed by atoms with van der Waals surface area (Å²) in [7, 11) is -3.30. The number of hydrogen-bond donors (Lipinski definition) is 2. The molecule has 1 aliphatic heterocycles. The Balaban J connectivity index is 0.00000312. The number of amides is 1. The maximum atomic E-state index is 12.4. The number of rotatable bonds is 8. The largest absolute Gasteiger partial charge is 0.353 e. The molecular weight excluding hydrogens is 362 g/mol. The molecule has 25 heavy (non-hydrogen) atoms. The van der Waals surface area contributed by atoms with Crippen molar-refractivity contribution in [3.63, 3.8) is 0 Å². The number of halogens is 1. The van der Waals surface area contributed by atoms with E-state index in [1.165, 1.54) is 42.8 Å². The van der Waals surface area contributed by atoms with E-state index in [1.807, 2.05) is 6.92 Å². The lowest BCUT2D eigenvalue weighted by atomic mass is 10.1. The molecule has 2 rings (SSSR count). The third-order valence-corrected chi connectivity index (χ3v) is 7.11. The van der Waals surface area contributed by atoms with Crippen molar-refractivity contribution in [1.29, 1.82) is 0 Å². The van der Waals surface area contributed by atoms with Gasteiger partial charge in [0, 0.05) is 25.7 Å².